The van der Waals surface area contributed by atoms with Crippen molar-refractivity contribution in [2.45, 2.75) is 19.4 Å². The molecule has 0 radical (unpaired) electrons. The van der Waals surface area contributed by atoms with Gasteiger partial charge in [0.2, 0.25) is 0 Å². The van der Waals surface area contributed by atoms with Crippen molar-refractivity contribution in [1.29, 1.82) is 0 Å². The Hall–Kier alpha value is -1.14. The lowest BCUT2D eigenvalue weighted by molar-refractivity contribution is 0.475. The van der Waals surface area contributed by atoms with Gasteiger partial charge in [-0.3, -0.25) is 4.98 Å². The Morgan fingerprint density at radius 1 is 1.28 bits per heavy atom. The van der Waals surface area contributed by atoms with E-state index in [1.54, 1.807) is 6.20 Å². The van der Waals surface area contributed by atoms with E-state index in [4.69, 9.17) is 10.5 Å². The van der Waals surface area contributed by atoms with E-state index >= 15 is 0 Å². The fourth-order valence-corrected chi connectivity index (χ4v) is 2.03. The summed E-state index contributed by atoms with van der Waals surface area (Å²) in [5.41, 5.74) is 6.81. The summed E-state index contributed by atoms with van der Waals surface area (Å²) in [7, 11) is 0. The van der Waals surface area contributed by atoms with Crippen LogP contribution in [0.5, 0.6) is 11.5 Å². The highest BCUT2D eigenvalue weighted by atomic mass is 127. The number of hydrogen-bond donors (Lipinski definition) is 1. The zero-order valence-corrected chi connectivity index (χ0v) is 12.3. The second-order valence-corrected chi connectivity index (χ2v) is 5.13. The van der Waals surface area contributed by atoms with Crippen LogP contribution < -0.4 is 10.5 Å². The summed E-state index contributed by atoms with van der Waals surface area (Å²) in [6.45, 7) is 2.04. The van der Waals surface area contributed by atoms with Gasteiger partial charge < -0.3 is 10.5 Å². The summed E-state index contributed by atoms with van der Waals surface area (Å²) >= 11 is 2.25. The highest BCUT2D eigenvalue weighted by Crippen LogP contribution is 2.26. The molecule has 0 fully saturated rings. The van der Waals surface area contributed by atoms with Crippen molar-refractivity contribution in [3.63, 3.8) is 0 Å². The number of benzene rings is 1. The van der Waals surface area contributed by atoms with Crippen molar-refractivity contribution in [3.05, 3.63) is 51.9 Å². The van der Waals surface area contributed by atoms with Gasteiger partial charge in [-0.2, -0.15) is 0 Å². The van der Waals surface area contributed by atoms with E-state index in [1.165, 1.54) is 0 Å². The number of nitrogens with two attached hydrogens (primary N) is 1. The summed E-state index contributed by atoms with van der Waals surface area (Å²) in [6.07, 6.45) is 2.59. The Balaban J connectivity index is 2.14. The topological polar surface area (TPSA) is 48.1 Å². The van der Waals surface area contributed by atoms with Gasteiger partial charge in [0, 0.05) is 6.04 Å². The molecule has 0 aliphatic heterocycles. The van der Waals surface area contributed by atoms with Crippen LogP contribution in [0, 0.1) is 3.57 Å². The third kappa shape index (κ3) is 3.20. The zero-order valence-electron chi connectivity index (χ0n) is 10.1. The molecule has 0 spiro atoms. The fraction of sp³-hybridized carbons (Fsp3) is 0.214. The van der Waals surface area contributed by atoms with E-state index < -0.39 is 0 Å². The maximum Gasteiger partial charge on any atom is 0.145 e. The first-order valence-corrected chi connectivity index (χ1v) is 6.92. The quantitative estimate of drug-likeness (QED) is 0.848. The Bertz CT molecular complexity index is 513. The van der Waals surface area contributed by atoms with Crippen molar-refractivity contribution >= 4 is 22.6 Å². The molecule has 2 aromatic rings. The van der Waals surface area contributed by atoms with Crippen LogP contribution in [0.25, 0.3) is 0 Å². The summed E-state index contributed by atoms with van der Waals surface area (Å²) < 4.78 is 6.84. The number of rotatable bonds is 4. The van der Waals surface area contributed by atoms with Crippen LogP contribution in [0.15, 0.2) is 42.6 Å². The van der Waals surface area contributed by atoms with Gasteiger partial charge in [-0.25, -0.2) is 0 Å². The van der Waals surface area contributed by atoms with Crippen LogP contribution in [0.2, 0.25) is 0 Å². The molecule has 0 saturated heterocycles. The molecular formula is C14H15IN2O. The summed E-state index contributed by atoms with van der Waals surface area (Å²) in [4.78, 5) is 4.32. The zero-order chi connectivity index (χ0) is 13.0. The van der Waals surface area contributed by atoms with Crippen molar-refractivity contribution in [3.8, 4) is 11.5 Å². The highest BCUT2D eigenvalue weighted by molar-refractivity contribution is 14.1. The van der Waals surface area contributed by atoms with Crippen molar-refractivity contribution in [2.24, 2.45) is 5.73 Å². The lowest BCUT2D eigenvalue weighted by atomic mass is 10.1. The molecule has 1 aromatic carbocycles. The number of ether oxygens (including phenoxy) is 1. The molecule has 94 valence electrons. The maximum atomic E-state index is 5.92. The molecule has 18 heavy (non-hydrogen) atoms. The lowest BCUT2D eigenvalue weighted by Crippen LogP contribution is -2.10. The second-order valence-electron chi connectivity index (χ2n) is 3.97. The predicted octanol–water partition coefficient (Wildman–Crippen LogP) is 3.89. The third-order valence-electron chi connectivity index (χ3n) is 2.64. The molecule has 0 aliphatic carbocycles. The minimum absolute atomic E-state index is 0.00379. The van der Waals surface area contributed by atoms with Gasteiger partial charge in [-0.15, -0.1) is 0 Å². The first-order chi connectivity index (χ1) is 8.70. The standard InChI is InChI=1S/C14H15IN2O/c1-2-12(16)13-8-7-10(9-17-13)18-14-6-4-3-5-11(14)15/h3-9,12H,2,16H2,1H3. The van der Waals surface area contributed by atoms with E-state index in [9.17, 15) is 0 Å². The highest BCUT2D eigenvalue weighted by Gasteiger charge is 2.06. The minimum atomic E-state index is -0.00379. The van der Waals surface area contributed by atoms with Gasteiger partial charge >= 0.3 is 0 Å². The van der Waals surface area contributed by atoms with Crippen LogP contribution in [-0.2, 0) is 0 Å². The van der Waals surface area contributed by atoms with Crippen molar-refractivity contribution < 1.29 is 4.74 Å². The number of nitrogens with zero attached hydrogens (tertiary/aromatic N) is 1. The molecule has 0 amide bonds. The molecule has 3 nitrogen and oxygen atoms in total. The smallest absolute Gasteiger partial charge is 0.145 e. The van der Waals surface area contributed by atoms with Crippen LogP contribution in [0.3, 0.4) is 0 Å². The van der Waals surface area contributed by atoms with Crippen molar-refractivity contribution in [1.82, 2.24) is 4.98 Å². The average molecular weight is 354 g/mol. The molecule has 1 unspecified atom stereocenters. The lowest BCUT2D eigenvalue weighted by Gasteiger charge is -2.10. The van der Waals surface area contributed by atoms with Crippen LogP contribution in [0.1, 0.15) is 25.1 Å². The molecule has 0 saturated carbocycles. The van der Waals surface area contributed by atoms with Crippen LogP contribution >= 0.6 is 22.6 Å². The summed E-state index contributed by atoms with van der Waals surface area (Å²) in [5, 5.41) is 0. The molecule has 0 bridgehead atoms. The molecule has 0 aliphatic rings. The minimum Gasteiger partial charge on any atom is -0.455 e. The van der Waals surface area contributed by atoms with Gasteiger partial charge in [-0.1, -0.05) is 19.1 Å². The molecule has 1 aromatic heterocycles. The van der Waals surface area contributed by atoms with Gasteiger partial charge in [0.05, 0.1) is 15.5 Å². The normalized spacial score (nSPS) is 12.2. The molecule has 1 atom stereocenters. The molecule has 4 heteroatoms. The van der Waals surface area contributed by atoms with Crippen LogP contribution in [0.4, 0.5) is 0 Å². The van der Waals surface area contributed by atoms with Gasteiger partial charge in [0.15, 0.2) is 0 Å². The van der Waals surface area contributed by atoms with Crippen LogP contribution in [-0.4, -0.2) is 4.98 Å². The Labute approximate surface area is 121 Å². The second kappa shape index (κ2) is 6.15. The molecular weight excluding hydrogens is 339 g/mol. The van der Waals surface area contributed by atoms with E-state index in [2.05, 4.69) is 27.6 Å². The molecule has 1 heterocycles. The average Bonchev–Trinajstić information content (AvgIpc) is 2.41. The van der Waals surface area contributed by atoms with Crippen molar-refractivity contribution in [2.75, 3.05) is 0 Å². The van der Waals surface area contributed by atoms with Gasteiger partial charge in [-0.05, 0) is 53.3 Å². The molecule has 2 rings (SSSR count). The number of halogens is 1. The van der Waals surface area contributed by atoms with E-state index in [1.807, 2.05) is 43.3 Å². The number of para-hydroxylation sites is 1. The SMILES string of the molecule is CCC(N)c1ccc(Oc2ccccc2I)cn1. The Kier molecular flexibility index (Phi) is 4.54. The monoisotopic (exact) mass is 354 g/mol. The fourth-order valence-electron chi connectivity index (χ4n) is 1.54. The summed E-state index contributed by atoms with van der Waals surface area (Å²) in [6, 6.07) is 11.7. The summed E-state index contributed by atoms with van der Waals surface area (Å²) in [5.74, 6) is 1.57. The van der Waals surface area contributed by atoms with Gasteiger partial charge in [0.25, 0.3) is 0 Å². The Morgan fingerprint density at radius 2 is 2.06 bits per heavy atom. The number of aromatic nitrogens is 1. The number of pyridine rings is 1. The van der Waals surface area contributed by atoms with E-state index in [0.717, 1.165) is 27.2 Å². The third-order valence-corrected chi connectivity index (χ3v) is 3.53. The first-order valence-electron chi connectivity index (χ1n) is 5.84. The van der Waals surface area contributed by atoms with E-state index in [-0.39, 0.29) is 6.04 Å². The molecule has 2 N–H and O–H groups in total. The Morgan fingerprint density at radius 3 is 2.67 bits per heavy atom. The number of hydrogen-bond acceptors (Lipinski definition) is 3. The first kappa shape index (κ1) is 13.3. The van der Waals surface area contributed by atoms with Gasteiger partial charge in [0.1, 0.15) is 11.5 Å². The maximum absolute atomic E-state index is 5.92. The predicted molar refractivity (Wildman–Crippen MR) is 80.7 cm³/mol. The van der Waals surface area contributed by atoms with E-state index in [0.29, 0.717) is 0 Å². The largest absolute Gasteiger partial charge is 0.455 e.